The summed E-state index contributed by atoms with van der Waals surface area (Å²) in [6.07, 6.45) is 35.7. The van der Waals surface area contributed by atoms with Crippen molar-refractivity contribution in [2.24, 2.45) is 0 Å². The molecule has 0 aliphatic heterocycles. The topological polar surface area (TPSA) is 20.2 Å². The van der Waals surface area contributed by atoms with Crippen molar-refractivity contribution >= 4 is 0 Å². The van der Waals surface area contributed by atoms with E-state index in [0.717, 1.165) is 38.5 Å². The Morgan fingerprint density at radius 2 is 0.826 bits per heavy atom. The zero-order valence-corrected chi connectivity index (χ0v) is 14.5. The Morgan fingerprint density at radius 1 is 0.478 bits per heavy atom. The Balaban J connectivity index is 3.52. The van der Waals surface area contributed by atoms with Crippen molar-refractivity contribution in [3.8, 4) is 0 Å². The van der Waals surface area contributed by atoms with Gasteiger partial charge in [-0.3, -0.25) is 0 Å². The molecule has 0 unspecified atom stereocenters. The third-order valence-corrected chi connectivity index (χ3v) is 2.92. The average molecular weight is 312 g/mol. The van der Waals surface area contributed by atoms with Gasteiger partial charge in [-0.1, -0.05) is 92.0 Å². The minimum atomic E-state index is 0.103. The van der Waals surface area contributed by atoms with Crippen LogP contribution in [0.15, 0.2) is 85.1 Å². The third-order valence-electron chi connectivity index (χ3n) is 2.92. The molecule has 1 heteroatoms. The number of hydrogen-bond acceptors (Lipinski definition) is 1. The molecule has 0 aliphatic rings. The van der Waals surface area contributed by atoms with Crippen LogP contribution in [0.5, 0.6) is 0 Å². The van der Waals surface area contributed by atoms with E-state index in [-0.39, 0.29) is 6.61 Å². The van der Waals surface area contributed by atoms with E-state index in [4.69, 9.17) is 5.11 Å². The van der Waals surface area contributed by atoms with Crippen molar-refractivity contribution in [1.82, 2.24) is 0 Å². The predicted octanol–water partition coefficient (Wildman–Crippen LogP) is 6.23. The molecule has 0 fully saturated rings. The van der Waals surface area contributed by atoms with Gasteiger partial charge in [-0.25, -0.2) is 0 Å². The maximum Gasteiger partial charge on any atom is 0.0615 e. The maximum atomic E-state index is 8.56. The van der Waals surface area contributed by atoms with Crippen LogP contribution in [0.4, 0.5) is 0 Å². The fourth-order valence-corrected chi connectivity index (χ4v) is 1.72. The lowest BCUT2D eigenvalue weighted by Gasteiger charge is -1.85. The van der Waals surface area contributed by atoms with Gasteiger partial charge in [-0.05, 0) is 38.5 Å². The maximum absolute atomic E-state index is 8.56. The Bertz CT molecular complexity index is 431. The number of allylic oxidation sites excluding steroid dienone is 13. The first-order chi connectivity index (χ1) is 11.4. The highest BCUT2D eigenvalue weighted by atomic mass is 16.2. The summed E-state index contributed by atoms with van der Waals surface area (Å²) < 4.78 is 0. The van der Waals surface area contributed by atoms with Crippen molar-refractivity contribution in [1.29, 1.82) is 0 Å². The van der Waals surface area contributed by atoms with Crippen molar-refractivity contribution in [2.75, 3.05) is 6.61 Å². The molecule has 0 saturated carbocycles. The molecule has 0 aromatic rings. The summed E-state index contributed by atoms with van der Waals surface area (Å²) in [7, 11) is 0. The van der Waals surface area contributed by atoms with Crippen LogP contribution in [0.1, 0.15) is 45.4 Å². The zero-order valence-electron chi connectivity index (χ0n) is 14.5. The van der Waals surface area contributed by atoms with Crippen LogP contribution in [0, 0.1) is 0 Å². The van der Waals surface area contributed by atoms with E-state index in [0.29, 0.717) is 0 Å². The van der Waals surface area contributed by atoms with E-state index in [1.165, 1.54) is 0 Å². The molecule has 0 amide bonds. The molecule has 0 bridgehead atoms. The number of hydrogen-bond donors (Lipinski definition) is 1. The summed E-state index contributed by atoms with van der Waals surface area (Å²) in [4.78, 5) is 0. The van der Waals surface area contributed by atoms with Crippen LogP contribution in [0.2, 0.25) is 0 Å². The summed E-state index contributed by atoms with van der Waals surface area (Å²) in [6.45, 7) is 2.26. The van der Waals surface area contributed by atoms with Crippen LogP contribution in [-0.4, -0.2) is 11.7 Å². The van der Waals surface area contributed by atoms with E-state index < -0.39 is 0 Å². The lowest BCUT2D eigenvalue weighted by atomic mass is 10.2. The molecule has 0 aromatic heterocycles. The molecule has 0 spiro atoms. The van der Waals surface area contributed by atoms with Gasteiger partial charge >= 0.3 is 0 Å². The summed E-state index contributed by atoms with van der Waals surface area (Å²) >= 11 is 0. The lowest BCUT2D eigenvalue weighted by molar-refractivity contribution is 0.343. The van der Waals surface area contributed by atoms with Gasteiger partial charge in [0.25, 0.3) is 0 Å². The van der Waals surface area contributed by atoms with Gasteiger partial charge in [-0.2, -0.15) is 0 Å². The molecule has 1 N–H and O–H groups in total. The highest BCUT2D eigenvalue weighted by Gasteiger charge is 1.75. The number of rotatable bonds is 13. The fourth-order valence-electron chi connectivity index (χ4n) is 1.72. The van der Waals surface area contributed by atoms with E-state index in [1.807, 2.05) is 12.2 Å². The molecular formula is C22H32O. The van der Waals surface area contributed by atoms with Gasteiger partial charge in [0.2, 0.25) is 0 Å². The summed E-state index contributed by atoms with van der Waals surface area (Å²) in [5, 5.41) is 8.56. The standard InChI is InChI=1S/C22H32O/c1-2-3-4-5-6-7-8-9-10-11-12-13-14-15-16-17-18-19-20-21-22-23/h3-4,6-7,9-10,12-13,15-16,18-21,23H,2,5,8,11,14,17,22H2,1H3. The minimum Gasteiger partial charge on any atom is -0.392 e. The molecule has 1 nitrogen and oxygen atoms in total. The van der Waals surface area contributed by atoms with Gasteiger partial charge in [0, 0.05) is 0 Å². The van der Waals surface area contributed by atoms with Gasteiger partial charge in [0.15, 0.2) is 0 Å². The monoisotopic (exact) mass is 312 g/mol. The third kappa shape index (κ3) is 20.1. The van der Waals surface area contributed by atoms with Crippen LogP contribution < -0.4 is 0 Å². The summed E-state index contributed by atoms with van der Waals surface area (Å²) in [5.74, 6) is 0. The first-order valence-electron chi connectivity index (χ1n) is 8.59. The van der Waals surface area contributed by atoms with Gasteiger partial charge in [-0.15, -0.1) is 0 Å². The normalized spacial score (nSPS) is 13.7. The van der Waals surface area contributed by atoms with Crippen molar-refractivity contribution < 1.29 is 5.11 Å². The molecule has 0 rings (SSSR count). The fraction of sp³-hybridized carbons (Fsp3) is 0.364. The van der Waals surface area contributed by atoms with Crippen LogP contribution in [-0.2, 0) is 0 Å². The van der Waals surface area contributed by atoms with Crippen LogP contribution in [0.25, 0.3) is 0 Å². The van der Waals surface area contributed by atoms with E-state index in [1.54, 1.807) is 6.08 Å². The van der Waals surface area contributed by atoms with E-state index >= 15 is 0 Å². The first kappa shape index (κ1) is 21.1. The molecule has 0 heterocycles. The van der Waals surface area contributed by atoms with Crippen LogP contribution in [0.3, 0.4) is 0 Å². The summed E-state index contributed by atoms with van der Waals surface area (Å²) in [6, 6.07) is 0. The van der Waals surface area contributed by atoms with E-state index in [9.17, 15) is 0 Å². The SMILES string of the molecule is CCC=CCC=CCC=CCC=CCC=CCC=CC=CCO. The molecule has 0 aromatic carbocycles. The van der Waals surface area contributed by atoms with Gasteiger partial charge < -0.3 is 5.11 Å². The predicted molar refractivity (Wildman–Crippen MR) is 104 cm³/mol. The summed E-state index contributed by atoms with van der Waals surface area (Å²) in [5.41, 5.74) is 0. The second-order valence-corrected chi connectivity index (χ2v) is 4.98. The molecule has 0 saturated heterocycles. The minimum absolute atomic E-state index is 0.103. The Morgan fingerprint density at radius 3 is 1.22 bits per heavy atom. The number of aliphatic hydroxyl groups excluding tert-OH is 1. The Labute approximate surface area is 142 Å². The highest BCUT2D eigenvalue weighted by Crippen LogP contribution is 1.96. The zero-order chi connectivity index (χ0) is 16.8. The molecular weight excluding hydrogens is 280 g/mol. The smallest absolute Gasteiger partial charge is 0.0615 e. The second-order valence-electron chi connectivity index (χ2n) is 4.98. The molecule has 0 aliphatic carbocycles. The van der Waals surface area contributed by atoms with Gasteiger partial charge in [0.1, 0.15) is 0 Å². The van der Waals surface area contributed by atoms with E-state index in [2.05, 4.69) is 73.8 Å². The quantitative estimate of drug-likeness (QED) is 0.315. The average Bonchev–Trinajstić information content (AvgIpc) is 2.57. The van der Waals surface area contributed by atoms with Crippen molar-refractivity contribution in [3.63, 3.8) is 0 Å². The van der Waals surface area contributed by atoms with Crippen molar-refractivity contribution in [3.05, 3.63) is 85.1 Å². The molecule has 23 heavy (non-hydrogen) atoms. The largest absolute Gasteiger partial charge is 0.392 e. The number of aliphatic hydroxyl groups is 1. The Kier molecular flexibility index (Phi) is 18.5. The van der Waals surface area contributed by atoms with Gasteiger partial charge in [0.05, 0.1) is 6.61 Å². The lowest BCUT2D eigenvalue weighted by Crippen LogP contribution is -1.67. The molecule has 0 radical (unpaired) electrons. The van der Waals surface area contributed by atoms with Crippen LogP contribution >= 0.6 is 0 Å². The highest BCUT2D eigenvalue weighted by molar-refractivity contribution is 5.06. The van der Waals surface area contributed by atoms with Crippen molar-refractivity contribution in [2.45, 2.75) is 45.4 Å². The molecule has 126 valence electrons. The molecule has 0 atom stereocenters. The second kappa shape index (κ2) is 20.1. The Hall–Kier alpha value is -1.86. The first-order valence-corrected chi connectivity index (χ1v) is 8.59.